The molecule has 0 bridgehead atoms. The summed E-state index contributed by atoms with van der Waals surface area (Å²) >= 11 is 0. The molecule has 1 amide bonds. The van der Waals surface area contributed by atoms with E-state index in [4.69, 9.17) is 0 Å². The number of sulfonamides is 1. The topological polar surface area (TPSA) is 75.3 Å². The molecule has 0 aliphatic rings. The van der Waals surface area contributed by atoms with Crippen LogP contribution in [0.25, 0.3) is 6.08 Å². The van der Waals surface area contributed by atoms with Crippen molar-refractivity contribution < 1.29 is 17.6 Å². The quantitative estimate of drug-likeness (QED) is 0.776. The van der Waals surface area contributed by atoms with E-state index in [1.165, 1.54) is 18.2 Å². The van der Waals surface area contributed by atoms with Crippen molar-refractivity contribution in [3.05, 3.63) is 71.6 Å². The highest BCUT2D eigenvalue weighted by atomic mass is 32.2. The largest absolute Gasteiger partial charge is 0.346 e. The molecule has 2 N–H and O–H groups in total. The van der Waals surface area contributed by atoms with E-state index in [9.17, 15) is 17.6 Å². The van der Waals surface area contributed by atoms with Crippen molar-refractivity contribution in [2.45, 2.75) is 13.0 Å². The molecule has 2 rings (SSSR count). The lowest BCUT2D eigenvalue weighted by Crippen LogP contribution is -2.24. The first-order chi connectivity index (χ1) is 11.7. The Labute approximate surface area is 146 Å². The van der Waals surface area contributed by atoms with Crippen molar-refractivity contribution in [2.24, 2.45) is 0 Å². The monoisotopic (exact) mass is 362 g/mol. The lowest BCUT2D eigenvalue weighted by molar-refractivity contribution is -0.117. The Morgan fingerprint density at radius 2 is 1.84 bits per heavy atom. The number of carbonyl (C=O) groups excluding carboxylic acids is 1. The maximum absolute atomic E-state index is 12.8. The number of amides is 1. The Bertz CT molecular complexity index is 877. The van der Waals surface area contributed by atoms with Gasteiger partial charge in [0.15, 0.2) is 0 Å². The summed E-state index contributed by atoms with van der Waals surface area (Å²) in [5.74, 6) is -0.642. The van der Waals surface area contributed by atoms with Gasteiger partial charge in [-0.3, -0.25) is 9.52 Å². The zero-order chi connectivity index (χ0) is 18.4. The van der Waals surface area contributed by atoms with Crippen molar-refractivity contribution >= 4 is 27.7 Å². The first-order valence-corrected chi connectivity index (χ1v) is 9.44. The summed E-state index contributed by atoms with van der Waals surface area (Å²) in [6.45, 7) is 1.79. The maximum Gasteiger partial charge on any atom is 0.244 e. The highest BCUT2D eigenvalue weighted by molar-refractivity contribution is 7.92. The molecule has 0 saturated carbocycles. The van der Waals surface area contributed by atoms with Gasteiger partial charge in [-0.1, -0.05) is 24.3 Å². The first kappa shape index (κ1) is 18.7. The van der Waals surface area contributed by atoms with Gasteiger partial charge in [0.25, 0.3) is 0 Å². The van der Waals surface area contributed by atoms with E-state index in [-0.39, 0.29) is 17.8 Å². The van der Waals surface area contributed by atoms with Gasteiger partial charge in [-0.25, -0.2) is 12.8 Å². The number of hydrogen-bond acceptors (Lipinski definition) is 3. The van der Waals surface area contributed by atoms with Crippen LogP contribution in [0.4, 0.5) is 10.1 Å². The van der Waals surface area contributed by atoms with Gasteiger partial charge in [-0.15, -0.1) is 0 Å². The molecule has 0 radical (unpaired) electrons. The van der Waals surface area contributed by atoms with Crippen LogP contribution in [0, 0.1) is 5.82 Å². The number of halogens is 1. The summed E-state index contributed by atoms with van der Waals surface area (Å²) in [5, 5.41) is 2.79. The van der Waals surface area contributed by atoms with E-state index in [1.807, 2.05) is 0 Å². The Balaban J connectivity index is 2.01. The summed E-state index contributed by atoms with van der Waals surface area (Å²) in [5.41, 5.74) is 1.91. The van der Waals surface area contributed by atoms with E-state index in [0.717, 1.165) is 11.8 Å². The van der Waals surface area contributed by atoms with Crippen LogP contribution in [-0.2, 0) is 14.8 Å². The average molecular weight is 362 g/mol. The molecule has 2 aromatic carbocycles. The molecule has 1 atom stereocenters. The molecule has 7 heteroatoms. The first-order valence-electron chi connectivity index (χ1n) is 7.55. The lowest BCUT2D eigenvalue weighted by atomic mass is 10.1. The van der Waals surface area contributed by atoms with E-state index in [0.29, 0.717) is 11.3 Å². The van der Waals surface area contributed by atoms with Crippen LogP contribution in [0.2, 0.25) is 0 Å². The maximum atomic E-state index is 12.8. The Morgan fingerprint density at radius 1 is 1.16 bits per heavy atom. The van der Waals surface area contributed by atoms with Crippen molar-refractivity contribution in [1.82, 2.24) is 5.32 Å². The standard InChI is InChI=1S/C18H19FN2O3S/c1-13(15-4-3-5-17(12-15)21-25(2,23)24)20-18(22)11-8-14-6-9-16(19)10-7-14/h3-13,21H,1-2H3,(H,20,22). The van der Waals surface area contributed by atoms with E-state index < -0.39 is 10.0 Å². The van der Waals surface area contributed by atoms with Gasteiger partial charge in [0.1, 0.15) is 5.82 Å². The van der Waals surface area contributed by atoms with Crippen LogP contribution in [0.5, 0.6) is 0 Å². The number of anilines is 1. The van der Waals surface area contributed by atoms with Crippen molar-refractivity contribution in [3.8, 4) is 0 Å². The number of rotatable bonds is 6. The fraction of sp³-hybridized carbons (Fsp3) is 0.167. The van der Waals surface area contributed by atoms with Crippen LogP contribution in [0.15, 0.2) is 54.6 Å². The summed E-state index contributed by atoms with van der Waals surface area (Å²) in [6.07, 6.45) is 4.02. The molecule has 132 valence electrons. The van der Waals surface area contributed by atoms with Gasteiger partial charge in [0.05, 0.1) is 12.3 Å². The zero-order valence-corrected chi connectivity index (χ0v) is 14.7. The fourth-order valence-electron chi connectivity index (χ4n) is 2.18. The molecule has 25 heavy (non-hydrogen) atoms. The molecule has 0 fully saturated rings. The third-order valence-electron chi connectivity index (χ3n) is 3.35. The van der Waals surface area contributed by atoms with Crippen LogP contribution >= 0.6 is 0 Å². The minimum Gasteiger partial charge on any atom is -0.346 e. The summed E-state index contributed by atoms with van der Waals surface area (Å²) in [4.78, 5) is 12.0. The second kappa shape index (κ2) is 7.94. The van der Waals surface area contributed by atoms with Gasteiger partial charge in [0, 0.05) is 11.8 Å². The SMILES string of the molecule is CC(NC(=O)C=Cc1ccc(F)cc1)c1cccc(NS(C)(=O)=O)c1. The molecule has 2 aromatic rings. The predicted molar refractivity (Wildman–Crippen MR) is 96.9 cm³/mol. The number of benzene rings is 2. The Morgan fingerprint density at radius 3 is 2.48 bits per heavy atom. The minimum atomic E-state index is -3.36. The molecular formula is C18H19FN2O3S. The molecule has 0 saturated heterocycles. The number of hydrogen-bond donors (Lipinski definition) is 2. The van der Waals surface area contributed by atoms with E-state index in [2.05, 4.69) is 10.0 Å². The average Bonchev–Trinajstić information content (AvgIpc) is 2.53. The van der Waals surface area contributed by atoms with Gasteiger partial charge in [-0.2, -0.15) is 0 Å². The zero-order valence-electron chi connectivity index (χ0n) is 13.9. The predicted octanol–water partition coefficient (Wildman–Crippen LogP) is 3.09. The van der Waals surface area contributed by atoms with Crippen LogP contribution in [0.1, 0.15) is 24.1 Å². The highest BCUT2D eigenvalue weighted by Crippen LogP contribution is 2.18. The normalized spacial score (nSPS) is 12.8. The summed E-state index contributed by atoms with van der Waals surface area (Å²) in [6, 6.07) is 12.3. The molecular weight excluding hydrogens is 343 g/mol. The van der Waals surface area contributed by atoms with Gasteiger partial charge in [-0.05, 0) is 48.4 Å². The van der Waals surface area contributed by atoms with Gasteiger partial charge >= 0.3 is 0 Å². The van der Waals surface area contributed by atoms with E-state index >= 15 is 0 Å². The lowest BCUT2D eigenvalue weighted by Gasteiger charge is -2.14. The van der Waals surface area contributed by atoms with Gasteiger partial charge in [0.2, 0.25) is 15.9 Å². The van der Waals surface area contributed by atoms with Crippen LogP contribution in [-0.4, -0.2) is 20.6 Å². The molecule has 0 aromatic heterocycles. The van der Waals surface area contributed by atoms with Crippen LogP contribution in [0.3, 0.4) is 0 Å². The number of carbonyl (C=O) groups is 1. The highest BCUT2D eigenvalue weighted by Gasteiger charge is 2.09. The summed E-state index contributed by atoms with van der Waals surface area (Å²) in [7, 11) is -3.36. The molecule has 0 spiro atoms. The smallest absolute Gasteiger partial charge is 0.244 e. The van der Waals surface area contributed by atoms with Crippen molar-refractivity contribution in [1.29, 1.82) is 0 Å². The molecule has 1 unspecified atom stereocenters. The van der Waals surface area contributed by atoms with E-state index in [1.54, 1.807) is 49.4 Å². The number of nitrogens with one attached hydrogen (secondary N) is 2. The van der Waals surface area contributed by atoms with Crippen LogP contribution < -0.4 is 10.0 Å². The van der Waals surface area contributed by atoms with Crippen molar-refractivity contribution in [3.63, 3.8) is 0 Å². The second-order valence-corrected chi connectivity index (χ2v) is 7.36. The fourth-order valence-corrected chi connectivity index (χ4v) is 2.73. The minimum absolute atomic E-state index is 0.307. The third-order valence-corrected chi connectivity index (χ3v) is 3.95. The summed E-state index contributed by atoms with van der Waals surface area (Å²) < 4.78 is 37.8. The molecule has 0 aliphatic heterocycles. The third kappa shape index (κ3) is 6.39. The van der Waals surface area contributed by atoms with Crippen molar-refractivity contribution in [2.75, 3.05) is 11.0 Å². The Hall–Kier alpha value is -2.67. The van der Waals surface area contributed by atoms with Gasteiger partial charge < -0.3 is 5.32 Å². The molecule has 0 aliphatic carbocycles. The molecule has 0 heterocycles. The molecule has 5 nitrogen and oxygen atoms in total. The second-order valence-electron chi connectivity index (χ2n) is 5.61. The Kier molecular flexibility index (Phi) is 5.93.